The first-order valence-electron chi connectivity index (χ1n) is 4.04. The Morgan fingerprint density at radius 2 is 2.50 bits per heavy atom. The standard InChI is InChI=1S/C8H15NO/c1-2-4-9-5-3-8(6-9)7-10/h7-8H,2-6H2,1H3/t8-/m1/s1. The Bertz CT molecular complexity index is 114. The first kappa shape index (κ1) is 7.73. The zero-order chi connectivity index (χ0) is 7.40. The van der Waals surface area contributed by atoms with Crippen LogP contribution in [0.1, 0.15) is 19.8 Å². The third-order valence-electron chi connectivity index (χ3n) is 2.04. The molecule has 10 heavy (non-hydrogen) atoms. The van der Waals surface area contributed by atoms with Crippen LogP contribution in [0.15, 0.2) is 0 Å². The van der Waals surface area contributed by atoms with Crippen molar-refractivity contribution in [3.63, 3.8) is 0 Å². The fourth-order valence-electron chi connectivity index (χ4n) is 1.49. The van der Waals surface area contributed by atoms with Crippen LogP contribution in [0.2, 0.25) is 0 Å². The van der Waals surface area contributed by atoms with E-state index in [9.17, 15) is 4.79 Å². The molecule has 1 aliphatic heterocycles. The molecule has 1 aliphatic rings. The molecule has 1 atom stereocenters. The van der Waals surface area contributed by atoms with Gasteiger partial charge in [0, 0.05) is 12.5 Å². The molecular formula is C8H15NO. The highest BCUT2D eigenvalue weighted by Gasteiger charge is 2.20. The van der Waals surface area contributed by atoms with Crippen LogP contribution in [0, 0.1) is 5.92 Å². The SMILES string of the molecule is CCCN1CC[C@@H](C=O)C1. The zero-order valence-electron chi connectivity index (χ0n) is 6.55. The van der Waals surface area contributed by atoms with E-state index >= 15 is 0 Å². The summed E-state index contributed by atoms with van der Waals surface area (Å²) >= 11 is 0. The van der Waals surface area contributed by atoms with Gasteiger partial charge in [-0.2, -0.15) is 0 Å². The van der Waals surface area contributed by atoms with Gasteiger partial charge in [0.2, 0.25) is 0 Å². The van der Waals surface area contributed by atoms with Gasteiger partial charge in [0.1, 0.15) is 6.29 Å². The van der Waals surface area contributed by atoms with Crippen molar-refractivity contribution >= 4 is 6.29 Å². The van der Waals surface area contributed by atoms with Crippen LogP contribution in [-0.4, -0.2) is 30.8 Å². The van der Waals surface area contributed by atoms with Crippen molar-refractivity contribution < 1.29 is 4.79 Å². The van der Waals surface area contributed by atoms with Crippen molar-refractivity contribution in [3.8, 4) is 0 Å². The van der Waals surface area contributed by atoms with E-state index in [1.54, 1.807) is 0 Å². The molecule has 0 N–H and O–H groups in total. The van der Waals surface area contributed by atoms with Crippen LogP contribution in [0.3, 0.4) is 0 Å². The van der Waals surface area contributed by atoms with Gasteiger partial charge in [-0.05, 0) is 25.9 Å². The largest absolute Gasteiger partial charge is 0.303 e. The number of hydrogen-bond donors (Lipinski definition) is 0. The van der Waals surface area contributed by atoms with Crippen LogP contribution in [0.5, 0.6) is 0 Å². The van der Waals surface area contributed by atoms with Crippen molar-refractivity contribution in [2.24, 2.45) is 5.92 Å². The molecule has 1 rings (SSSR count). The maximum absolute atomic E-state index is 10.3. The van der Waals surface area contributed by atoms with E-state index in [0.29, 0.717) is 5.92 Å². The van der Waals surface area contributed by atoms with E-state index in [4.69, 9.17) is 0 Å². The van der Waals surface area contributed by atoms with Gasteiger partial charge in [0.25, 0.3) is 0 Å². The molecule has 0 radical (unpaired) electrons. The summed E-state index contributed by atoms with van der Waals surface area (Å²) < 4.78 is 0. The first-order valence-corrected chi connectivity index (χ1v) is 4.04. The minimum atomic E-state index is 0.326. The number of carbonyl (C=O) groups is 1. The second-order valence-corrected chi connectivity index (χ2v) is 2.99. The molecule has 0 unspecified atom stereocenters. The summed E-state index contributed by atoms with van der Waals surface area (Å²) in [5.41, 5.74) is 0. The summed E-state index contributed by atoms with van der Waals surface area (Å²) in [5.74, 6) is 0.326. The van der Waals surface area contributed by atoms with E-state index in [1.807, 2.05) is 0 Å². The average Bonchev–Trinajstić information content (AvgIpc) is 2.37. The fraction of sp³-hybridized carbons (Fsp3) is 0.875. The lowest BCUT2D eigenvalue weighted by Crippen LogP contribution is -2.21. The molecule has 0 spiro atoms. The molecule has 0 aromatic heterocycles. The van der Waals surface area contributed by atoms with Crippen LogP contribution in [0.25, 0.3) is 0 Å². The molecule has 2 nitrogen and oxygen atoms in total. The minimum Gasteiger partial charge on any atom is -0.303 e. The number of carbonyl (C=O) groups excluding carboxylic acids is 1. The molecule has 1 heterocycles. The van der Waals surface area contributed by atoms with Crippen LogP contribution < -0.4 is 0 Å². The number of rotatable bonds is 3. The fourth-order valence-corrected chi connectivity index (χ4v) is 1.49. The normalized spacial score (nSPS) is 27.1. The van der Waals surface area contributed by atoms with Crippen molar-refractivity contribution in [2.75, 3.05) is 19.6 Å². The van der Waals surface area contributed by atoms with Crippen LogP contribution >= 0.6 is 0 Å². The highest BCUT2D eigenvalue weighted by atomic mass is 16.1. The number of nitrogens with zero attached hydrogens (tertiary/aromatic N) is 1. The van der Waals surface area contributed by atoms with Gasteiger partial charge in [-0.15, -0.1) is 0 Å². The second-order valence-electron chi connectivity index (χ2n) is 2.99. The Labute approximate surface area is 62.2 Å². The summed E-state index contributed by atoms with van der Waals surface area (Å²) in [5, 5.41) is 0. The van der Waals surface area contributed by atoms with Gasteiger partial charge >= 0.3 is 0 Å². The quantitative estimate of drug-likeness (QED) is 0.545. The van der Waals surface area contributed by atoms with E-state index in [-0.39, 0.29) is 0 Å². The van der Waals surface area contributed by atoms with E-state index in [0.717, 1.165) is 32.3 Å². The highest BCUT2D eigenvalue weighted by molar-refractivity contribution is 5.54. The van der Waals surface area contributed by atoms with Crippen molar-refractivity contribution in [2.45, 2.75) is 19.8 Å². The maximum Gasteiger partial charge on any atom is 0.124 e. The molecule has 0 aromatic carbocycles. The average molecular weight is 141 g/mol. The Morgan fingerprint density at radius 3 is 3.00 bits per heavy atom. The summed E-state index contributed by atoms with van der Waals surface area (Å²) in [6.07, 6.45) is 3.37. The molecule has 1 fully saturated rings. The maximum atomic E-state index is 10.3. The monoisotopic (exact) mass is 141 g/mol. The zero-order valence-corrected chi connectivity index (χ0v) is 6.55. The molecule has 0 amide bonds. The lowest BCUT2D eigenvalue weighted by atomic mass is 10.1. The predicted octanol–water partition coefficient (Wildman–Crippen LogP) is 0.917. The first-order chi connectivity index (χ1) is 4.86. The number of likely N-dealkylation sites (tertiary alicyclic amines) is 1. The summed E-state index contributed by atoms with van der Waals surface area (Å²) in [6.45, 7) is 5.45. The Balaban J connectivity index is 2.21. The van der Waals surface area contributed by atoms with E-state index in [2.05, 4.69) is 11.8 Å². The molecule has 0 aliphatic carbocycles. The van der Waals surface area contributed by atoms with Gasteiger partial charge in [0.05, 0.1) is 0 Å². The van der Waals surface area contributed by atoms with Crippen molar-refractivity contribution in [3.05, 3.63) is 0 Å². The van der Waals surface area contributed by atoms with Crippen molar-refractivity contribution in [1.29, 1.82) is 0 Å². The minimum absolute atomic E-state index is 0.326. The predicted molar refractivity (Wildman–Crippen MR) is 40.9 cm³/mol. The Morgan fingerprint density at radius 1 is 1.70 bits per heavy atom. The highest BCUT2D eigenvalue weighted by Crippen LogP contribution is 2.13. The van der Waals surface area contributed by atoms with Gasteiger partial charge in [-0.3, -0.25) is 0 Å². The number of hydrogen-bond acceptors (Lipinski definition) is 2. The molecule has 0 bridgehead atoms. The molecule has 2 heteroatoms. The summed E-state index contributed by atoms with van der Waals surface area (Å²) in [6, 6.07) is 0. The third kappa shape index (κ3) is 1.81. The lowest BCUT2D eigenvalue weighted by molar-refractivity contribution is -0.110. The smallest absolute Gasteiger partial charge is 0.124 e. The molecular weight excluding hydrogens is 126 g/mol. The van der Waals surface area contributed by atoms with E-state index in [1.165, 1.54) is 6.42 Å². The second kappa shape index (κ2) is 3.71. The van der Waals surface area contributed by atoms with Gasteiger partial charge in [0.15, 0.2) is 0 Å². The van der Waals surface area contributed by atoms with Crippen LogP contribution in [-0.2, 0) is 4.79 Å². The van der Waals surface area contributed by atoms with E-state index < -0.39 is 0 Å². The van der Waals surface area contributed by atoms with Gasteiger partial charge < -0.3 is 9.69 Å². The molecule has 0 aromatic rings. The topological polar surface area (TPSA) is 20.3 Å². The lowest BCUT2D eigenvalue weighted by Gasteiger charge is -2.12. The molecule has 58 valence electrons. The Hall–Kier alpha value is -0.370. The van der Waals surface area contributed by atoms with Gasteiger partial charge in [-0.25, -0.2) is 0 Å². The third-order valence-corrected chi connectivity index (χ3v) is 2.04. The molecule has 1 saturated heterocycles. The number of aldehydes is 1. The summed E-state index contributed by atoms with van der Waals surface area (Å²) in [7, 11) is 0. The van der Waals surface area contributed by atoms with Gasteiger partial charge in [-0.1, -0.05) is 6.92 Å². The van der Waals surface area contributed by atoms with Crippen molar-refractivity contribution in [1.82, 2.24) is 4.90 Å². The van der Waals surface area contributed by atoms with Crippen LogP contribution in [0.4, 0.5) is 0 Å². The molecule has 0 saturated carbocycles. The summed E-state index contributed by atoms with van der Waals surface area (Å²) in [4.78, 5) is 12.7. The Kier molecular flexibility index (Phi) is 2.87.